The molecule has 1 aliphatic heterocycles. The van der Waals surface area contributed by atoms with Crippen LogP contribution in [0.5, 0.6) is 0 Å². The first-order valence-corrected chi connectivity index (χ1v) is 6.73. The molecule has 0 aliphatic carbocycles. The molecule has 4 nitrogen and oxygen atoms in total. The average Bonchev–Trinajstić information content (AvgIpc) is 2.49. The van der Waals surface area contributed by atoms with E-state index in [0.717, 1.165) is 37.1 Å². The Bertz CT molecular complexity index is 563. The molecule has 0 unspecified atom stereocenters. The van der Waals surface area contributed by atoms with Crippen molar-refractivity contribution in [2.75, 3.05) is 18.0 Å². The van der Waals surface area contributed by atoms with Crippen LogP contribution >= 0.6 is 0 Å². The van der Waals surface area contributed by atoms with Crippen LogP contribution in [-0.2, 0) is 0 Å². The Morgan fingerprint density at radius 1 is 1.00 bits per heavy atom. The Hall–Kier alpha value is -2.01. The molecule has 0 atom stereocenters. The fraction of sp³-hybridized carbons (Fsp3) is 0.333. The Kier molecular flexibility index (Phi) is 3.60. The van der Waals surface area contributed by atoms with E-state index in [0.29, 0.717) is 5.95 Å². The van der Waals surface area contributed by atoms with Gasteiger partial charge in [0.1, 0.15) is 5.82 Å². The van der Waals surface area contributed by atoms with Gasteiger partial charge in [-0.1, -0.05) is 12.1 Å². The topological polar surface area (TPSA) is 49.2 Å². The van der Waals surface area contributed by atoms with Gasteiger partial charge >= 0.3 is 0 Å². The molecule has 1 aromatic heterocycles. The molecular weight excluding hydrogens is 257 g/mol. The number of aromatic nitrogens is 2. The van der Waals surface area contributed by atoms with Crippen LogP contribution in [0.2, 0.25) is 0 Å². The number of anilines is 1. The molecule has 20 heavy (non-hydrogen) atoms. The van der Waals surface area contributed by atoms with Crippen molar-refractivity contribution in [1.29, 1.82) is 0 Å². The average molecular weight is 273 g/mol. The van der Waals surface area contributed by atoms with Crippen LogP contribution < -0.4 is 4.90 Å². The Labute approximate surface area is 116 Å². The van der Waals surface area contributed by atoms with E-state index in [1.807, 2.05) is 0 Å². The SMILES string of the molecule is OC1CCN(c2ncc(-c3ccc(F)cc3)cn2)CC1. The van der Waals surface area contributed by atoms with Crippen LogP contribution in [0.15, 0.2) is 36.7 Å². The van der Waals surface area contributed by atoms with Crippen LogP contribution in [0.4, 0.5) is 10.3 Å². The summed E-state index contributed by atoms with van der Waals surface area (Å²) in [6.45, 7) is 1.55. The normalized spacial score (nSPS) is 16.4. The lowest BCUT2D eigenvalue weighted by Gasteiger charge is -2.29. The quantitative estimate of drug-likeness (QED) is 0.911. The molecule has 0 bridgehead atoms. The third-order valence-electron chi connectivity index (χ3n) is 3.56. The van der Waals surface area contributed by atoms with Crippen molar-refractivity contribution in [2.24, 2.45) is 0 Å². The van der Waals surface area contributed by atoms with Crippen molar-refractivity contribution in [3.05, 3.63) is 42.5 Å². The summed E-state index contributed by atoms with van der Waals surface area (Å²) < 4.78 is 12.9. The molecule has 1 aromatic carbocycles. The fourth-order valence-corrected chi connectivity index (χ4v) is 2.34. The van der Waals surface area contributed by atoms with Gasteiger partial charge in [0.05, 0.1) is 6.10 Å². The number of hydrogen-bond donors (Lipinski definition) is 1. The van der Waals surface area contributed by atoms with Crippen LogP contribution in [-0.4, -0.2) is 34.3 Å². The molecule has 2 aromatic rings. The Morgan fingerprint density at radius 3 is 2.20 bits per heavy atom. The second kappa shape index (κ2) is 5.54. The molecule has 1 N–H and O–H groups in total. The van der Waals surface area contributed by atoms with Gasteiger partial charge in [-0.15, -0.1) is 0 Å². The first-order chi connectivity index (χ1) is 9.72. The maximum absolute atomic E-state index is 12.9. The van der Waals surface area contributed by atoms with Crippen molar-refractivity contribution >= 4 is 5.95 Å². The lowest BCUT2D eigenvalue weighted by molar-refractivity contribution is 0.145. The highest BCUT2D eigenvalue weighted by atomic mass is 19.1. The zero-order chi connectivity index (χ0) is 13.9. The minimum atomic E-state index is -0.252. The summed E-state index contributed by atoms with van der Waals surface area (Å²) in [6.07, 6.45) is 4.80. The summed E-state index contributed by atoms with van der Waals surface area (Å²) in [6, 6.07) is 6.28. The van der Waals surface area contributed by atoms with Gasteiger partial charge in [0.15, 0.2) is 0 Å². The molecular formula is C15H16FN3O. The summed E-state index contributed by atoms with van der Waals surface area (Å²) >= 11 is 0. The van der Waals surface area contributed by atoms with Crippen molar-refractivity contribution in [2.45, 2.75) is 18.9 Å². The summed E-state index contributed by atoms with van der Waals surface area (Å²) in [5, 5.41) is 9.49. The molecule has 1 saturated heterocycles. The zero-order valence-electron chi connectivity index (χ0n) is 11.0. The standard InChI is InChI=1S/C15H16FN3O/c16-13-3-1-11(2-4-13)12-9-17-15(18-10-12)19-7-5-14(20)6-8-19/h1-4,9-10,14,20H,5-8H2. The number of piperidine rings is 1. The van der Waals surface area contributed by atoms with Gasteiger partial charge in [-0.3, -0.25) is 0 Å². The van der Waals surface area contributed by atoms with E-state index in [2.05, 4.69) is 14.9 Å². The Morgan fingerprint density at radius 2 is 1.60 bits per heavy atom. The highest BCUT2D eigenvalue weighted by Gasteiger charge is 2.18. The third-order valence-corrected chi connectivity index (χ3v) is 3.56. The van der Waals surface area contributed by atoms with Crippen molar-refractivity contribution in [3.8, 4) is 11.1 Å². The van der Waals surface area contributed by atoms with Crippen molar-refractivity contribution in [1.82, 2.24) is 9.97 Å². The summed E-state index contributed by atoms with van der Waals surface area (Å²) in [5.74, 6) is 0.431. The number of rotatable bonds is 2. The largest absolute Gasteiger partial charge is 0.393 e. The van der Waals surface area contributed by atoms with Crippen molar-refractivity contribution < 1.29 is 9.50 Å². The summed E-state index contributed by atoms with van der Waals surface area (Å²) in [5.41, 5.74) is 1.76. The molecule has 1 aliphatic rings. The van der Waals surface area contributed by atoms with Crippen molar-refractivity contribution in [3.63, 3.8) is 0 Å². The van der Waals surface area contributed by atoms with Crippen LogP contribution in [0, 0.1) is 5.82 Å². The molecule has 1 fully saturated rings. The van der Waals surface area contributed by atoms with E-state index < -0.39 is 0 Å². The van der Waals surface area contributed by atoms with Crippen LogP contribution in [0.1, 0.15) is 12.8 Å². The molecule has 104 valence electrons. The van der Waals surface area contributed by atoms with Crippen LogP contribution in [0.25, 0.3) is 11.1 Å². The maximum atomic E-state index is 12.9. The van der Waals surface area contributed by atoms with Gasteiger partial charge in [0.2, 0.25) is 5.95 Å². The monoisotopic (exact) mass is 273 g/mol. The molecule has 5 heteroatoms. The van der Waals surface area contributed by atoms with Gasteiger partial charge in [0.25, 0.3) is 0 Å². The smallest absolute Gasteiger partial charge is 0.225 e. The minimum Gasteiger partial charge on any atom is -0.393 e. The lowest BCUT2D eigenvalue weighted by atomic mass is 10.1. The number of aliphatic hydroxyl groups excluding tert-OH is 1. The zero-order valence-corrected chi connectivity index (χ0v) is 11.0. The summed E-state index contributed by atoms with van der Waals surface area (Å²) in [7, 11) is 0. The molecule has 3 rings (SSSR count). The predicted octanol–water partition coefficient (Wildman–Crippen LogP) is 2.24. The fourth-order valence-electron chi connectivity index (χ4n) is 2.34. The van der Waals surface area contributed by atoms with Gasteiger partial charge in [-0.05, 0) is 30.5 Å². The number of benzene rings is 1. The van der Waals surface area contributed by atoms with E-state index in [-0.39, 0.29) is 11.9 Å². The van der Waals surface area contributed by atoms with Gasteiger partial charge in [-0.2, -0.15) is 0 Å². The van der Waals surface area contributed by atoms with Crippen LogP contribution in [0.3, 0.4) is 0 Å². The molecule has 0 radical (unpaired) electrons. The highest BCUT2D eigenvalue weighted by Crippen LogP contribution is 2.21. The van der Waals surface area contributed by atoms with E-state index in [1.165, 1.54) is 12.1 Å². The number of hydrogen-bond acceptors (Lipinski definition) is 4. The van der Waals surface area contributed by atoms with Gasteiger partial charge in [-0.25, -0.2) is 14.4 Å². The molecule has 0 spiro atoms. The summed E-state index contributed by atoms with van der Waals surface area (Å²) in [4.78, 5) is 10.8. The lowest BCUT2D eigenvalue weighted by Crippen LogP contribution is -2.36. The van der Waals surface area contributed by atoms with Gasteiger partial charge in [0, 0.05) is 31.0 Å². The molecule has 0 amide bonds. The number of nitrogens with zero attached hydrogens (tertiary/aromatic N) is 3. The number of aliphatic hydroxyl groups is 1. The second-order valence-electron chi connectivity index (χ2n) is 5.00. The van der Waals surface area contributed by atoms with E-state index in [4.69, 9.17) is 0 Å². The van der Waals surface area contributed by atoms with E-state index in [9.17, 15) is 9.50 Å². The number of halogens is 1. The Balaban J connectivity index is 1.76. The third kappa shape index (κ3) is 2.77. The van der Waals surface area contributed by atoms with Gasteiger partial charge < -0.3 is 10.0 Å². The molecule has 2 heterocycles. The first kappa shape index (κ1) is 13.0. The van der Waals surface area contributed by atoms with E-state index >= 15 is 0 Å². The maximum Gasteiger partial charge on any atom is 0.225 e. The highest BCUT2D eigenvalue weighted by molar-refractivity contribution is 5.61. The first-order valence-electron chi connectivity index (χ1n) is 6.73. The second-order valence-corrected chi connectivity index (χ2v) is 5.00. The minimum absolute atomic E-state index is 0.204. The predicted molar refractivity (Wildman–Crippen MR) is 74.9 cm³/mol. The van der Waals surface area contributed by atoms with E-state index in [1.54, 1.807) is 24.5 Å². The molecule has 0 saturated carbocycles.